The molecule has 0 aromatic carbocycles. The first kappa shape index (κ1) is 13.9. The van der Waals surface area contributed by atoms with Gasteiger partial charge in [0.15, 0.2) is 0 Å². The van der Waals surface area contributed by atoms with E-state index in [4.69, 9.17) is 0 Å². The van der Waals surface area contributed by atoms with Gasteiger partial charge in [0.2, 0.25) is 0 Å². The van der Waals surface area contributed by atoms with E-state index in [1.165, 1.54) is 17.1 Å². The number of rotatable bonds is 6. The Bertz CT molecular complexity index is 298. The predicted molar refractivity (Wildman–Crippen MR) is 67.5 cm³/mol. The number of carbonyl (C=O) groups excluding carboxylic acids is 2. The number of nitrogens with zero attached hydrogens (tertiary/aromatic N) is 1. The third-order valence-corrected chi connectivity index (χ3v) is 2.61. The summed E-state index contributed by atoms with van der Waals surface area (Å²) in [5.41, 5.74) is 0.158. The van der Waals surface area contributed by atoms with Gasteiger partial charge < -0.3 is 5.32 Å². The molecule has 0 aromatic rings. The molecule has 0 saturated carbocycles. The van der Waals surface area contributed by atoms with Crippen molar-refractivity contribution in [2.24, 2.45) is 0 Å². The highest BCUT2D eigenvalue weighted by Gasteiger charge is 2.22. The Labute approximate surface area is 103 Å². The molecule has 0 aromatic heterocycles. The van der Waals surface area contributed by atoms with Crippen LogP contribution in [0, 0.1) is 0 Å². The maximum atomic E-state index is 11.2. The molecule has 0 spiro atoms. The van der Waals surface area contributed by atoms with Crippen LogP contribution in [0.4, 0.5) is 0 Å². The van der Waals surface area contributed by atoms with Crippen molar-refractivity contribution in [3.05, 3.63) is 12.2 Å². The lowest BCUT2D eigenvalue weighted by molar-refractivity contribution is -0.136. The van der Waals surface area contributed by atoms with Crippen LogP contribution < -0.4 is 5.32 Å². The molecular weight excluding hydrogens is 216 g/mol. The lowest BCUT2D eigenvalue weighted by atomic mass is 10.1. The van der Waals surface area contributed by atoms with Gasteiger partial charge in [-0.05, 0) is 40.2 Å². The topological polar surface area (TPSA) is 49.4 Å². The molecule has 1 rings (SSSR count). The van der Waals surface area contributed by atoms with Crippen LogP contribution in [0.15, 0.2) is 12.2 Å². The Morgan fingerprint density at radius 3 is 2.18 bits per heavy atom. The fraction of sp³-hybridized carbons (Fsp3) is 0.692. The van der Waals surface area contributed by atoms with Gasteiger partial charge in [-0.1, -0.05) is 6.42 Å². The molecule has 1 aliphatic rings. The molecular formula is C13H22N2O2. The van der Waals surface area contributed by atoms with E-state index < -0.39 is 0 Å². The van der Waals surface area contributed by atoms with E-state index in [1.807, 2.05) is 0 Å². The monoisotopic (exact) mass is 238 g/mol. The van der Waals surface area contributed by atoms with Gasteiger partial charge in [-0.15, -0.1) is 0 Å². The number of nitrogens with one attached hydrogen (secondary N) is 1. The standard InChI is InChI=1S/C13H22N2O2/c1-13(2,3)14-9-5-4-6-10-15-11(16)7-8-12(15)17/h7-8,14H,4-6,9-10H2,1-3H3. The minimum atomic E-state index is -0.178. The molecule has 2 amide bonds. The first-order valence-electron chi connectivity index (χ1n) is 6.19. The van der Waals surface area contributed by atoms with E-state index >= 15 is 0 Å². The van der Waals surface area contributed by atoms with Crippen molar-refractivity contribution >= 4 is 11.8 Å². The van der Waals surface area contributed by atoms with Gasteiger partial charge in [0, 0.05) is 24.2 Å². The normalized spacial score (nSPS) is 16.1. The van der Waals surface area contributed by atoms with Crippen LogP contribution in [0.25, 0.3) is 0 Å². The van der Waals surface area contributed by atoms with Crippen molar-refractivity contribution in [3.8, 4) is 0 Å². The summed E-state index contributed by atoms with van der Waals surface area (Å²) in [7, 11) is 0. The van der Waals surface area contributed by atoms with Crippen molar-refractivity contribution in [2.75, 3.05) is 13.1 Å². The lowest BCUT2D eigenvalue weighted by Crippen LogP contribution is -2.36. The van der Waals surface area contributed by atoms with E-state index in [0.29, 0.717) is 6.54 Å². The van der Waals surface area contributed by atoms with Crippen LogP contribution in [0.2, 0.25) is 0 Å². The summed E-state index contributed by atoms with van der Waals surface area (Å²) in [6.45, 7) is 7.94. The largest absolute Gasteiger partial charge is 0.312 e. The Kier molecular flexibility index (Phi) is 4.87. The molecule has 0 radical (unpaired) electrons. The first-order valence-corrected chi connectivity index (χ1v) is 6.19. The average molecular weight is 238 g/mol. The van der Waals surface area contributed by atoms with E-state index in [9.17, 15) is 9.59 Å². The second-order valence-electron chi connectivity index (χ2n) is 5.40. The first-order chi connectivity index (χ1) is 7.90. The minimum Gasteiger partial charge on any atom is -0.312 e. The smallest absolute Gasteiger partial charge is 0.253 e. The summed E-state index contributed by atoms with van der Waals surface area (Å²) in [5.74, 6) is -0.356. The molecule has 4 nitrogen and oxygen atoms in total. The minimum absolute atomic E-state index is 0.158. The fourth-order valence-corrected chi connectivity index (χ4v) is 1.69. The number of hydrogen-bond acceptors (Lipinski definition) is 3. The number of amides is 2. The van der Waals surface area contributed by atoms with E-state index in [2.05, 4.69) is 26.1 Å². The molecule has 0 atom stereocenters. The number of carbonyl (C=O) groups is 2. The second-order valence-corrected chi connectivity index (χ2v) is 5.40. The highest BCUT2D eigenvalue weighted by molar-refractivity contribution is 6.12. The summed E-state index contributed by atoms with van der Waals surface area (Å²) >= 11 is 0. The maximum Gasteiger partial charge on any atom is 0.253 e. The van der Waals surface area contributed by atoms with Crippen LogP contribution in [0.3, 0.4) is 0 Å². The van der Waals surface area contributed by atoms with E-state index in [1.54, 1.807) is 0 Å². The van der Waals surface area contributed by atoms with Gasteiger partial charge >= 0.3 is 0 Å². The molecule has 0 bridgehead atoms. The van der Waals surface area contributed by atoms with Gasteiger partial charge in [-0.25, -0.2) is 0 Å². The number of unbranched alkanes of at least 4 members (excludes halogenated alkanes) is 2. The van der Waals surface area contributed by atoms with Crippen LogP contribution in [0.5, 0.6) is 0 Å². The zero-order chi connectivity index (χ0) is 12.9. The molecule has 4 heteroatoms. The van der Waals surface area contributed by atoms with Crippen molar-refractivity contribution in [2.45, 2.75) is 45.6 Å². The summed E-state index contributed by atoms with van der Waals surface area (Å²) in [6, 6.07) is 0. The van der Waals surface area contributed by atoms with Crippen LogP contribution >= 0.6 is 0 Å². The second kappa shape index (κ2) is 5.96. The average Bonchev–Trinajstić information content (AvgIpc) is 2.52. The molecule has 0 unspecified atom stereocenters. The molecule has 96 valence electrons. The quantitative estimate of drug-likeness (QED) is 0.563. The van der Waals surface area contributed by atoms with Gasteiger partial charge in [0.05, 0.1) is 0 Å². The molecule has 1 heterocycles. The molecule has 17 heavy (non-hydrogen) atoms. The zero-order valence-electron chi connectivity index (χ0n) is 11.0. The Hall–Kier alpha value is -1.16. The predicted octanol–water partition coefficient (Wildman–Crippen LogP) is 1.47. The summed E-state index contributed by atoms with van der Waals surface area (Å²) < 4.78 is 0. The van der Waals surface area contributed by atoms with Crippen molar-refractivity contribution in [1.29, 1.82) is 0 Å². The highest BCUT2D eigenvalue weighted by Crippen LogP contribution is 2.06. The lowest BCUT2D eigenvalue weighted by Gasteiger charge is -2.20. The Morgan fingerprint density at radius 2 is 1.65 bits per heavy atom. The summed E-state index contributed by atoms with van der Waals surface area (Å²) in [5, 5.41) is 3.41. The van der Waals surface area contributed by atoms with Crippen molar-refractivity contribution < 1.29 is 9.59 Å². The SMILES string of the molecule is CC(C)(C)NCCCCCN1C(=O)C=CC1=O. The third kappa shape index (κ3) is 5.13. The van der Waals surface area contributed by atoms with Crippen LogP contribution in [-0.2, 0) is 9.59 Å². The van der Waals surface area contributed by atoms with Gasteiger partial charge in [0.1, 0.15) is 0 Å². The zero-order valence-corrected chi connectivity index (χ0v) is 11.0. The summed E-state index contributed by atoms with van der Waals surface area (Å²) in [6.07, 6.45) is 5.65. The van der Waals surface area contributed by atoms with Crippen molar-refractivity contribution in [3.63, 3.8) is 0 Å². The third-order valence-electron chi connectivity index (χ3n) is 2.61. The van der Waals surface area contributed by atoms with E-state index in [-0.39, 0.29) is 17.4 Å². The summed E-state index contributed by atoms with van der Waals surface area (Å²) in [4.78, 5) is 23.8. The van der Waals surface area contributed by atoms with Crippen molar-refractivity contribution in [1.82, 2.24) is 10.2 Å². The van der Waals surface area contributed by atoms with Crippen LogP contribution in [0.1, 0.15) is 40.0 Å². The van der Waals surface area contributed by atoms with Gasteiger partial charge in [-0.2, -0.15) is 0 Å². The Morgan fingerprint density at radius 1 is 1.06 bits per heavy atom. The maximum absolute atomic E-state index is 11.2. The Balaban J connectivity index is 2.05. The molecule has 1 aliphatic heterocycles. The van der Waals surface area contributed by atoms with Gasteiger partial charge in [0.25, 0.3) is 11.8 Å². The molecule has 1 N–H and O–H groups in total. The molecule has 0 fully saturated rings. The number of imide groups is 1. The molecule has 0 saturated heterocycles. The van der Waals surface area contributed by atoms with Crippen LogP contribution in [-0.4, -0.2) is 35.3 Å². The molecule has 0 aliphatic carbocycles. The fourth-order valence-electron chi connectivity index (χ4n) is 1.69. The highest BCUT2D eigenvalue weighted by atomic mass is 16.2. The van der Waals surface area contributed by atoms with E-state index in [0.717, 1.165) is 25.8 Å². The number of hydrogen-bond donors (Lipinski definition) is 1. The van der Waals surface area contributed by atoms with Gasteiger partial charge in [-0.3, -0.25) is 14.5 Å².